The Morgan fingerprint density at radius 3 is 2.78 bits per heavy atom. The third-order valence-corrected chi connectivity index (χ3v) is 7.16. The topological polar surface area (TPSA) is 144 Å². The number of carboxylic acids is 1. The van der Waals surface area contributed by atoms with Crippen molar-refractivity contribution in [3.05, 3.63) is 55.4 Å². The molecule has 2 fully saturated rings. The monoisotopic (exact) mass is 457 g/mol. The number of anilines is 1. The number of hydrogen-bond acceptors (Lipinski definition) is 8. The number of carboxylic acid groups (broad SMARTS) is 1. The largest absolute Gasteiger partial charge is 0.478 e. The van der Waals surface area contributed by atoms with Gasteiger partial charge in [-0.1, -0.05) is 29.5 Å². The second-order valence-electron chi connectivity index (χ2n) is 8.20. The number of carbonyl (C=O) groups is 1. The molecule has 1 aromatic carbocycles. The number of nitrogens with one attached hydrogen (secondary N) is 1. The van der Waals surface area contributed by atoms with Crippen LogP contribution in [0.1, 0.15) is 41.4 Å². The molecule has 4 heterocycles. The van der Waals surface area contributed by atoms with Gasteiger partial charge in [0.05, 0.1) is 17.7 Å². The lowest BCUT2D eigenvalue weighted by Gasteiger charge is -2.28. The summed E-state index contributed by atoms with van der Waals surface area (Å²) >= 11 is 0.826. The first-order valence-electron chi connectivity index (χ1n) is 10.5. The number of aromatic amines is 1. The highest BCUT2D eigenvalue weighted by Crippen LogP contribution is 2.37. The Morgan fingerprint density at radius 2 is 2.03 bits per heavy atom. The van der Waals surface area contributed by atoms with E-state index in [1.807, 2.05) is 6.07 Å². The molecule has 0 amide bonds. The van der Waals surface area contributed by atoms with E-state index in [0.717, 1.165) is 37.3 Å². The summed E-state index contributed by atoms with van der Waals surface area (Å²) in [6.45, 7) is 1.80. The summed E-state index contributed by atoms with van der Waals surface area (Å²) in [7, 11) is 0. The number of aromatic nitrogens is 3. The maximum absolute atomic E-state index is 12.9. The molecule has 4 N–H and O–H groups in total. The number of H-pyrrole nitrogens is 1. The fourth-order valence-corrected chi connectivity index (χ4v) is 5.66. The summed E-state index contributed by atoms with van der Waals surface area (Å²) in [5, 5.41) is 9.53. The van der Waals surface area contributed by atoms with E-state index in [1.165, 1.54) is 4.57 Å². The van der Waals surface area contributed by atoms with Crippen molar-refractivity contribution >= 4 is 33.6 Å². The molecule has 0 unspecified atom stereocenters. The summed E-state index contributed by atoms with van der Waals surface area (Å²) in [4.78, 5) is 45.5. The van der Waals surface area contributed by atoms with Gasteiger partial charge in [-0.2, -0.15) is 4.98 Å². The molecule has 2 saturated heterocycles. The number of nitrogen functional groups attached to an aromatic ring is 1. The minimum absolute atomic E-state index is 0.0586. The Morgan fingerprint density at radius 1 is 1.28 bits per heavy atom. The standard InChI is InChI=1S/C21H23N5O5S/c22-20-23-16-15(17(27)24-20)32-21(30)26(16)18-14(25-7-3-4-8-25)10-12(31-18)9-11-5-1-2-6-13(11)19(28)29/h1-2,5-6,12,14,18H,3-4,7-10H2,(H,28,29)(H3,22,23,24,27)/t12-,14+,18+/m0/s1. The molecular formula is C21H23N5O5S. The second-order valence-corrected chi connectivity index (χ2v) is 9.16. The molecule has 11 heteroatoms. The molecule has 10 nitrogen and oxygen atoms in total. The van der Waals surface area contributed by atoms with Crippen LogP contribution in [-0.2, 0) is 11.2 Å². The molecule has 3 aromatic rings. The highest BCUT2D eigenvalue weighted by Gasteiger charge is 2.42. The minimum Gasteiger partial charge on any atom is -0.478 e. The fourth-order valence-electron chi connectivity index (χ4n) is 4.82. The lowest BCUT2D eigenvalue weighted by molar-refractivity contribution is -0.0198. The van der Waals surface area contributed by atoms with E-state index in [-0.39, 0.29) is 38.9 Å². The van der Waals surface area contributed by atoms with Gasteiger partial charge in [-0.05, 0) is 50.4 Å². The lowest BCUT2D eigenvalue weighted by Crippen LogP contribution is -2.39. The molecule has 0 bridgehead atoms. The number of nitrogens with zero attached hydrogens (tertiary/aromatic N) is 3. The molecule has 0 aliphatic carbocycles. The number of aromatic carboxylic acids is 1. The van der Waals surface area contributed by atoms with Crippen molar-refractivity contribution in [2.45, 2.75) is 44.1 Å². The molecule has 0 spiro atoms. The van der Waals surface area contributed by atoms with E-state index >= 15 is 0 Å². The van der Waals surface area contributed by atoms with Gasteiger partial charge in [-0.15, -0.1) is 0 Å². The van der Waals surface area contributed by atoms with Crippen LogP contribution in [0.2, 0.25) is 0 Å². The van der Waals surface area contributed by atoms with Gasteiger partial charge in [-0.25, -0.2) is 4.79 Å². The van der Waals surface area contributed by atoms with Gasteiger partial charge in [-0.3, -0.25) is 24.0 Å². The van der Waals surface area contributed by atoms with Gasteiger partial charge in [0, 0.05) is 0 Å². The molecule has 168 valence electrons. The van der Waals surface area contributed by atoms with E-state index in [2.05, 4.69) is 14.9 Å². The number of thiazole rings is 1. The molecule has 0 radical (unpaired) electrons. The van der Waals surface area contributed by atoms with Crippen LogP contribution in [0.15, 0.2) is 33.9 Å². The van der Waals surface area contributed by atoms with E-state index in [0.29, 0.717) is 18.4 Å². The highest BCUT2D eigenvalue weighted by atomic mass is 32.1. The van der Waals surface area contributed by atoms with Crippen molar-refractivity contribution in [1.82, 2.24) is 19.4 Å². The first-order valence-corrected chi connectivity index (χ1v) is 11.4. The van der Waals surface area contributed by atoms with Crippen molar-refractivity contribution in [3.63, 3.8) is 0 Å². The Bertz CT molecular complexity index is 1290. The predicted octanol–water partition coefficient (Wildman–Crippen LogP) is 1.42. The summed E-state index contributed by atoms with van der Waals surface area (Å²) < 4.78 is 8.04. The fraction of sp³-hybridized carbons (Fsp3) is 0.429. The van der Waals surface area contributed by atoms with Crippen molar-refractivity contribution in [2.24, 2.45) is 0 Å². The average molecular weight is 458 g/mol. The van der Waals surface area contributed by atoms with Gasteiger partial charge >= 0.3 is 10.8 Å². The number of ether oxygens (including phenoxy) is 1. The van der Waals surface area contributed by atoms with Crippen molar-refractivity contribution in [3.8, 4) is 0 Å². The van der Waals surface area contributed by atoms with Crippen LogP contribution in [0.5, 0.6) is 0 Å². The SMILES string of the molecule is Nc1nc2c(sc(=O)n2[C@@H]2O[C@@H](Cc3ccccc3C(=O)O)C[C@H]2N2CCCC2)c(=O)[nH]1. The number of hydrogen-bond donors (Lipinski definition) is 3. The van der Waals surface area contributed by atoms with Crippen LogP contribution < -0.4 is 16.2 Å². The number of rotatable bonds is 5. The zero-order chi connectivity index (χ0) is 22.4. The number of likely N-dealkylation sites (tertiary alicyclic amines) is 1. The molecule has 3 atom stereocenters. The highest BCUT2D eigenvalue weighted by molar-refractivity contribution is 7.16. The van der Waals surface area contributed by atoms with Gasteiger partial charge < -0.3 is 15.6 Å². The summed E-state index contributed by atoms with van der Waals surface area (Å²) in [5.74, 6) is -1.04. The zero-order valence-electron chi connectivity index (χ0n) is 17.2. The first-order chi connectivity index (χ1) is 15.4. The Kier molecular flexibility index (Phi) is 5.31. The van der Waals surface area contributed by atoms with E-state index < -0.39 is 17.8 Å². The van der Waals surface area contributed by atoms with Crippen LogP contribution >= 0.6 is 11.3 Å². The average Bonchev–Trinajstić information content (AvgIpc) is 3.47. The smallest absolute Gasteiger partial charge is 0.335 e. The maximum Gasteiger partial charge on any atom is 0.335 e. The first kappa shape index (κ1) is 20.9. The van der Waals surface area contributed by atoms with E-state index in [4.69, 9.17) is 10.5 Å². The molecule has 32 heavy (non-hydrogen) atoms. The minimum atomic E-state index is -0.981. The van der Waals surface area contributed by atoms with Crippen molar-refractivity contribution in [2.75, 3.05) is 18.8 Å². The van der Waals surface area contributed by atoms with E-state index in [9.17, 15) is 19.5 Å². The van der Waals surface area contributed by atoms with Gasteiger partial charge in [0.15, 0.2) is 11.9 Å². The predicted molar refractivity (Wildman–Crippen MR) is 119 cm³/mol. The third kappa shape index (κ3) is 3.61. The maximum atomic E-state index is 12.9. The van der Waals surface area contributed by atoms with Crippen LogP contribution in [-0.4, -0.2) is 55.7 Å². The summed E-state index contributed by atoms with van der Waals surface area (Å²) in [6.07, 6.45) is 2.27. The summed E-state index contributed by atoms with van der Waals surface area (Å²) in [5.41, 5.74) is 6.46. The van der Waals surface area contributed by atoms with Crippen LogP contribution in [0, 0.1) is 0 Å². The third-order valence-electron chi connectivity index (χ3n) is 6.22. The van der Waals surface area contributed by atoms with Crippen molar-refractivity contribution < 1.29 is 14.6 Å². The molecule has 0 saturated carbocycles. The van der Waals surface area contributed by atoms with Gasteiger partial charge in [0.2, 0.25) is 5.95 Å². The lowest BCUT2D eigenvalue weighted by atomic mass is 9.99. The van der Waals surface area contributed by atoms with Crippen molar-refractivity contribution in [1.29, 1.82) is 0 Å². The second kappa shape index (κ2) is 8.15. The Hall–Kier alpha value is -3.02. The Balaban J connectivity index is 1.54. The quantitative estimate of drug-likeness (QED) is 0.522. The molecule has 2 aliphatic heterocycles. The Labute approximate surface area is 186 Å². The molecule has 2 aromatic heterocycles. The van der Waals surface area contributed by atoms with Gasteiger partial charge in [0.25, 0.3) is 5.56 Å². The molecular weight excluding hydrogens is 434 g/mol. The number of benzene rings is 1. The molecule has 5 rings (SSSR count). The normalized spacial score (nSPS) is 23.8. The van der Waals surface area contributed by atoms with Crippen LogP contribution in [0.3, 0.4) is 0 Å². The van der Waals surface area contributed by atoms with E-state index in [1.54, 1.807) is 18.2 Å². The number of fused-ring (bicyclic) bond motifs is 1. The van der Waals surface area contributed by atoms with Gasteiger partial charge in [0.1, 0.15) is 4.70 Å². The summed E-state index contributed by atoms with van der Waals surface area (Å²) in [6, 6.07) is 6.79. The molecule has 2 aliphatic rings. The van der Waals surface area contributed by atoms with Crippen LogP contribution in [0.25, 0.3) is 10.3 Å². The number of nitrogens with two attached hydrogens (primary N) is 1. The van der Waals surface area contributed by atoms with Crippen LogP contribution in [0.4, 0.5) is 5.95 Å². The zero-order valence-corrected chi connectivity index (χ0v) is 18.0.